The number of aliphatic carboxylic acids is 1. The molecule has 1 heterocycles. The molecule has 1 aromatic rings. The van der Waals surface area contributed by atoms with Crippen molar-refractivity contribution in [2.24, 2.45) is 0 Å². The number of nitrogens with zero attached hydrogens (tertiary/aromatic N) is 1. The maximum Gasteiger partial charge on any atom is 0.355 e. The number of carbonyl (C=O) groups is 2. The summed E-state index contributed by atoms with van der Waals surface area (Å²) in [6, 6.07) is 0. The van der Waals surface area contributed by atoms with Gasteiger partial charge >= 0.3 is 11.9 Å². The van der Waals surface area contributed by atoms with E-state index in [4.69, 9.17) is 10.2 Å². The van der Waals surface area contributed by atoms with Gasteiger partial charge in [-0.2, -0.15) is 0 Å². The lowest BCUT2D eigenvalue weighted by Crippen LogP contribution is -1.97. The fourth-order valence-corrected chi connectivity index (χ4v) is 2.45. The van der Waals surface area contributed by atoms with Crippen LogP contribution in [0.4, 0.5) is 0 Å². The fraction of sp³-hybridized carbons (Fsp3) is 0.286. The molecule has 0 spiro atoms. The Bertz CT molecular complexity index is 349. The number of aromatic carboxylic acids is 1. The van der Waals surface area contributed by atoms with Crippen LogP contribution in [0.25, 0.3) is 0 Å². The number of hydrogen-bond donors (Lipinski definition) is 2. The van der Waals surface area contributed by atoms with Crippen molar-refractivity contribution in [3.8, 4) is 0 Å². The lowest BCUT2D eigenvalue weighted by atomic mass is 10.5. The van der Waals surface area contributed by atoms with Gasteiger partial charge in [-0.25, -0.2) is 9.78 Å². The van der Waals surface area contributed by atoms with E-state index in [9.17, 15) is 9.59 Å². The molecule has 1 rings (SSSR count). The number of hydrogen-bond acceptors (Lipinski definition) is 5. The predicted molar refractivity (Wildman–Crippen MR) is 52.1 cm³/mol. The lowest BCUT2D eigenvalue weighted by molar-refractivity contribution is -0.136. The average Bonchev–Trinajstić information content (AvgIpc) is 2.52. The van der Waals surface area contributed by atoms with Crippen molar-refractivity contribution in [2.45, 2.75) is 10.8 Å². The van der Waals surface area contributed by atoms with Crippen LogP contribution in [0.2, 0.25) is 0 Å². The summed E-state index contributed by atoms with van der Waals surface area (Å²) in [7, 11) is 0. The van der Waals surface area contributed by atoms with Crippen LogP contribution in [0.5, 0.6) is 0 Å². The van der Waals surface area contributed by atoms with Gasteiger partial charge in [-0.05, 0) is 0 Å². The molecule has 0 unspecified atom stereocenters. The molecule has 0 atom stereocenters. The number of thioether (sulfide) groups is 1. The molecular weight excluding hydrogens is 226 g/mol. The summed E-state index contributed by atoms with van der Waals surface area (Å²) in [6.45, 7) is 0. The number of aromatic nitrogens is 1. The number of rotatable bonds is 5. The summed E-state index contributed by atoms with van der Waals surface area (Å²) in [5, 5.41) is 18.3. The highest BCUT2D eigenvalue weighted by Gasteiger charge is 2.09. The van der Waals surface area contributed by atoms with Crippen LogP contribution >= 0.6 is 23.1 Å². The van der Waals surface area contributed by atoms with Crippen molar-refractivity contribution in [1.82, 2.24) is 4.98 Å². The Kier molecular flexibility index (Phi) is 3.90. The molecule has 0 saturated carbocycles. The second-order valence-electron chi connectivity index (χ2n) is 2.30. The molecule has 0 bridgehead atoms. The monoisotopic (exact) mass is 233 g/mol. The third-order valence-corrected chi connectivity index (χ3v) is 3.27. The van der Waals surface area contributed by atoms with E-state index in [1.165, 1.54) is 28.5 Å². The Balaban J connectivity index is 2.44. The average molecular weight is 233 g/mol. The zero-order valence-electron chi connectivity index (χ0n) is 6.97. The van der Waals surface area contributed by atoms with Crippen molar-refractivity contribution >= 4 is 35.0 Å². The van der Waals surface area contributed by atoms with Crippen molar-refractivity contribution in [2.75, 3.05) is 5.75 Å². The summed E-state index contributed by atoms with van der Waals surface area (Å²) in [6.07, 6.45) is 0.0483. The summed E-state index contributed by atoms with van der Waals surface area (Å²) in [5.41, 5.74) is 0.00725. The standard InChI is InChI=1S/C7H7NO4S2/c9-5(10)1-2-13-7-8-4(3-14-7)6(11)12/h3H,1-2H2,(H,9,10)(H,11,12). The first-order valence-electron chi connectivity index (χ1n) is 3.63. The van der Waals surface area contributed by atoms with Crippen LogP contribution in [0.1, 0.15) is 16.9 Å². The second kappa shape index (κ2) is 4.97. The molecule has 0 radical (unpaired) electrons. The Hall–Kier alpha value is -1.08. The molecule has 0 fully saturated rings. The Morgan fingerprint density at radius 2 is 2.21 bits per heavy atom. The largest absolute Gasteiger partial charge is 0.481 e. The van der Waals surface area contributed by atoms with Gasteiger partial charge in [0.25, 0.3) is 0 Å². The fourth-order valence-electron chi connectivity index (χ4n) is 0.647. The van der Waals surface area contributed by atoms with E-state index in [0.717, 1.165) is 0 Å². The van der Waals surface area contributed by atoms with Gasteiger partial charge in [0.05, 0.1) is 6.42 Å². The highest BCUT2D eigenvalue weighted by molar-refractivity contribution is 8.01. The summed E-state index contributed by atoms with van der Waals surface area (Å²) < 4.78 is 0.587. The van der Waals surface area contributed by atoms with Crippen molar-refractivity contribution in [1.29, 1.82) is 0 Å². The Morgan fingerprint density at radius 3 is 2.71 bits per heavy atom. The van der Waals surface area contributed by atoms with E-state index in [1.807, 2.05) is 0 Å². The minimum atomic E-state index is -1.06. The third kappa shape index (κ3) is 3.35. The minimum absolute atomic E-state index is 0.00725. The van der Waals surface area contributed by atoms with Gasteiger partial charge in [0.1, 0.15) is 0 Å². The first-order chi connectivity index (χ1) is 6.59. The van der Waals surface area contributed by atoms with Gasteiger partial charge in [0, 0.05) is 11.1 Å². The van der Waals surface area contributed by atoms with E-state index in [-0.39, 0.29) is 12.1 Å². The Morgan fingerprint density at radius 1 is 1.50 bits per heavy atom. The molecule has 7 heteroatoms. The normalized spacial score (nSPS) is 10.0. The zero-order valence-corrected chi connectivity index (χ0v) is 8.60. The molecular formula is C7H7NO4S2. The molecule has 0 aliphatic heterocycles. The minimum Gasteiger partial charge on any atom is -0.481 e. The quantitative estimate of drug-likeness (QED) is 0.747. The zero-order chi connectivity index (χ0) is 10.6. The molecule has 2 N–H and O–H groups in total. The van der Waals surface area contributed by atoms with Crippen LogP contribution in [0.15, 0.2) is 9.72 Å². The van der Waals surface area contributed by atoms with E-state index in [1.54, 1.807) is 0 Å². The molecule has 0 saturated heterocycles. The summed E-state index contributed by atoms with van der Waals surface area (Å²) in [4.78, 5) is 24.4. The van der Waals surface area contributed by atoms with Crippen LogP contribution in [-0.2, 0) is 4.79 Å². The number of thiazole rings is 1. The second-order valence-corrected chi connectivity index (χ2v) is 4.50. The predicted octanol–water partition coefficient (Wildman–Crippen LogP) is 1.41. The first kappa shape index (κ1) is 11.0. The van der Waals surface area contributed by atoms with Gasteiger partial charge in [-0.15, -0.1) is 11.3 Å². The SMILES string of the molecule is O=C(O)CCSc1nc(C(=O)O)cs1. The summed E-state index contributed by atoms with van der Waals surface area (Å²) >= 11 is 2.46. The maximum absolute atomic E-state index is 10.4. The van der Waals surface area contributed by atoms with Crippen molar-refractivity contribution < 1.29 is 19.8 Å². The van der Waals surface area contributed by atoms with Gasteiger partial charge < -0.3 is 10.2 Å². The third-order valence-electron chi connectivity index (χ3n) is 1.24. The molecule has 14 heavy (non-hydrogen) atoms. The van der Waals surface area contributed by atoms with Crippen molar-refractivity contribution in [3.63, 3.8) is 0 Å². The van der Waals surface area contributed by atoms with Crippen LogP contribution in [-0.4, -0.2) is 32.9 Å². The number of carboxylic acid groups (broad SMARTS) is 2. The smallest absolute Gasteiger partial charge is 0.355 e. The topological polar surface area (TPSA) is 87.5 Å². The van der Waals surface area contributed by atoms with Gasteiger partial charge in [0.15, 0.2) is 10.0 Å². The molecule has 0 aliphatic rings. The van der Waals surface area contributed by atoms with Crippen LogP contribution in [0, 0.1) is 0 Å². The Labute approximate surface area is 87.8 Å². The molecule has 0 aliphatic carbocycles. The van der Waals surface area contributed by atoms with E-state index in [2.05, 4.69) is 4.98 Å². The van der Waals surface area contributed by atoms with E-state index in [0.29, 0.717) is 10.1 Å². The van der Waals surface area contributed by atoms with Gasteiger partial charge in [0.2, 0.25) is 0 Å². The molecule has 0 amide bonds. The van der Waals surface area contributed by atoms with E-state index < -0.39 is 11.9 Å². The molecule has 0 aromatic carbocycles. The maximum atomic E-state index is 10.4. The van der Waals surface area contributed by atoms with E-state index >= 15 is 0 Å². The highest BCUT2D eigenvalue weighted by atomic mass is 32.2. The lowest BCUT2D eigenvalue weighted by Gasteiger charge is -1.92. The summed E-state index contributed by atoms with van der Waals surface area (Å²) in [5.74, 6) is -1.53. The first-order valence-corrected chi connectivity index (χ1v) is 5.49. The van der Waals surface area contributed by atoms with Crippen LogP contribution < -0.4 is 0 Å². The van der Waals surface area contributed by atoms with Gasteiger partial charge in [-0.1, -0.05) is 11.8 Å². The highest BCUT2D eigenvalue weighted by Crippen LogP contribution is 2.23. The van der Waals surface area contributed by atoms with Gasteiger partial charge in [-0.3, -0.25) is 4.79 Å². The van der Waals surface area contributed by atoms with Crippen molar-refractivity contribution in [3.05, 3.63) is 11.1 Å². The molecule has 76 valence electrons. The van der Waals surface area contributed by atoms with Crippen LogP contribution in [0.3, 0.4) is 0 Å². The number of carboxylic acids is 2. The molecule has 5 nitrogen and oxygen atoms in total. The molecule has 1 aromatic heterocycles.